The molecule has 0 saturated carbocycles. The second-order valence-corrected chi connectivity index (χ2v) is 7.16. The van der Waals surface area contributed by atoms with Gasteiger partial charge in [0.15, 0.2) is 0 Å². The Morgan fingerprint density at radius 3 is 2.30 bits per heavy atom. The lowest BCUT2D eigenvalue weighted by molar-refractivity contribution is 0.102. The van der Waals surface area contributed by atoms with E-state index in [-0.39, 0.29) is 9.77 Å². The molecule has 0 unspecified atom stereocenters. The Morgan fingerprint density at radius 1 is 1.07 bits per heavy atom. The van der Waals surface area contributed by atoms with Crippen LogP contribution in [0.3, 0.4) is 0 Å². The summed E-state index contributed by atoms with van der Waals surface area (Å²) >= 11 is 1.47. The van der Waals surface area contributed by atoms with Crippen molar-refractivity contribution in [2.24, 2.45) is 0 Å². The first-order valence-corrected chi connectivity index (χ1v) is 9.43. The van der Waals surface area contributed by atoms with Crippen LogP contribution >= 0.6 is 23.1 Å². The highest BCUT2D eigenvalue weighted by Crippen LogP contribution is 2.32. The fourth-order valence-electron chi connectivity index (χ4n) is 2.18. The van der Waals surface area contributed by atoms with Crippen molar-refractivity contribution < 1.29 is 18.3 Å². The van der Waals surface area contributed by atoms with Gasteiger partial charge in [-0.1, -0.05) is 11.8 Å². The van der Waals surface area contributed by atoms with Gasteiger partial charge in [-0.05, 0) is 60.0 Å². The summed E-state index contributed by atoms with van der Waals surface area (Å²) in [7, 11) is 0. The number of rotatable bonds is 6. The maximum atomic E-state index is 12.5. The molecule has 2 aromatic carbocycles. The Morgan fingerprint density at radius 2 is 1.70 bits per heavy atom. The summed E-state index contributed by atoms with van der Waals surface area (Å²) < 4.78 is 30.7. The summed E-state index contributed by atoms with van der Waals surface area (Å²) in [5.74, 6) is -1.88. The minimum absolute atomic E-state index is 0.248. The molecule has 0 saturated heterocycles. The van der Waals surface area contributed by atoms with E-state index >= 15 is 0 Å². The van der Waals surface area contributed by atoms with Crippen LogP contribution < -0.4 is 10.1 Å². The monoisotopic (exact) mass is 402 g/mol. The average molecular weight is 402 g/mol. The third-order valence-corrected chi connectivity index (χ3v) is 5.20. The first kappa shape index (κ1) is 18.9. The van der Waals surface area contributed by atoms with Gasteiger partial charge >= 0.3 is 0 Å². The minimum Gasteiger partial charge on any atom is -0.457 e. The molecule has 4 nitrogen and oxygen atoms in total. The topological polar surface area (TPSA) is 62.1 Å². The van der Waals surface area contributed by atoms with Crippen LogP contribution in [-0.2, 0) is 0 Å². The van der Waals surface area contributed by atoms with Gasteiger partial charge in [0.05, 0.1) is 11.6 Å². The number of halogens is 2. The van der Waals surface area contributed by atoms with Gasteiger partial charge in [-0.25, -0.2) is 0 Å². The Bertz CT molecular complexity index is 965. The fraction of sp³-hybridized carbons (Fsp3) is 0.0526. The van der Waals surface area contributed by atoms with Gasteiger partial charge < -0.3 is 10.1 Å². The number of nitrogens with zero attached hydrogens (tertiary/aromatic N) is 1. The lowest BCUT2D eigenvalue weighted by Gasteiger charge is -2.08. The van der Waals surface area contributed by atoms with Crippen LogP contribution in [0.5, 0.6) is 11.5 Å². The van der Waals surface area contributed by atoms with Crippen molar-refractivity contribution in [3.8, 4) is 17.6 Å². The highest BCUT2D eigenvalue weighted by atomic mass is 32.2. The van der Waals surface area contributed by atoms with Gasteiger partial charge in [0, 0.05) is 10.6 Å². The number of amides is 1. The fourth-order valence-corrected chi connectivity index (χ4v) is 3.78. The largest absolute Gasteiger partial charge is 0.457 e. The van der Waals surface area contributed by atoms with Crippen LogP contribution in [0.4, 0.5) is 14.5 Å². The molecule has 3 aromatic rings. The van der Waals surface area contributed by atoms with E-state index in [1.807, 2.05) is 6.07 Å². The van der Waals surface area contributed by atoms with Gasteiger partial charge in [-0.2, -0.15) is 14.0 Å². The average Bonchev–Trinajstić information content (AvgIpc) is 3.11. The molecule has 0 bridgehead atoms. The number of carbonyl (C=O) groups is 1. The highest BCUT2D eigenvalue weighted by Gasteiger charge is 2.17. The van der Waals surface area contributed by atoms with E-state index in [0.717, 1.165) is 11.3 Å². The molecule has 136 valence electrons. The number of nitriles is 1. The van der Waals surface area contributed by atoms with Gasteiger partial charge in [0.2, 0.25) is 0 Å². The van der Waals surface area contributed by atoms with Crippen molar-refractivity contribution >= 4 is 34.7 Å². The van der Waals surface area contributed by atoms with E-state index in [1.54, 1.807) is 53.9 Å². The number of alkyl halides is 2. The smallest absolute Gasteiger partial charge is 0.288 e. The van der Waals surface area contributed by atoms with Crippen LogP contribution in [0, 0.1) is 11.3 Å². The Kier molecular flexibility index (Phi) is 6.06. The molecular formula is C19H12F2N2O2S2. The molecule has 27 heavy (non-hydrogen) atoms. The number of thiophene rings is 1. The van der Waals surface area contributed by atoms with Crippen molar-refractivity contribution in [3.05, 3.63) is 70.4 Å². The van der Waals surface area contributed by atoms with Crippen molar-refractivity contribution in [1.82, 2.24) is 0 Å². The summed E-state index contributed by atoms with van der Waals surface area (Å²) in [6.45, 7) is 0. The van der Waals surface area contributed by atoms with Gasteiger partial charge in [0.25, 0.3) is 11.7 Å². The number of carbonyl (C=O) groups excluding carboxylic acids is 1. The van der Waals surface area contributed by atoms with E-state index in [1.165, 1.54) is 6.07 Å². The molecule has 0 aliphatic carbocycles. The Labute approximate surface area is 162 Å². The second kappa shape index (κ2) is 8.66. The standard InChI is InChI=1S/C19H12F2N2O2S2/c20-19(21)27-16-9-10-26-17(16)18(24)23-13-3-7-15(8-4-13)25-14-5-1-12(11-22)2-6-14/h1-10,19H,(H,23,24). The maximum Gasteiger partial charge on any atom is 0.288 e. The third-order valence-electron chi connectivity index (χ3n) is 3.38. The minimum atomic E-state index is -2.58. The quantitative estimate of drug-likeness (QED) is 0.515. The molecule has 0 spiro atoms. The summed E-state index contributed by atoms with van der Waals surface area (Å²) in [5.41, 5.74) is 1.06. The van der Waals surface area contributed by atoms with E-state index in [2.05, 4.69) is 5.32 Å². The van der Waals surface area contributed by atoms with Gasteiger partial charge in [0.1, 0.15) is 16.4 Å². The normalized spacial score (nSPS) is 10.4. The number of anilines is 1. The van der Waals surface area contributed by atoms with Crippen LogP contribution in [0.1, 0.15) is 15.2 Å². The molecular weight excluding hydrogens is 390 g/mol. The highest BCUT2D eigenvalue weighted by molar-refractivity contribution is 7.99. The van der Waals surface area contributed by atoms with Crippen LogP contribution in [-0.4, -0.2) is 11.7 Å². The number of hydrogen-bond donors (Lipinski definition) is 1. The summed E-state index contributed by atoms with van der Waals surface area (Å²) in [6.07, 6.45) is 0. The number of ether oxygens (including phenoxy) is 1. The number of benzene rings is 2. The van der Waals surface area contributed by atoms with Crippen LogP contribution in [0.15, 0.2) is 64.9 Å². The molecule has 1 amide bonds. The first-order valence-electron chi connectivity index (χ1n) is 7.67. The third kappa shape index (κ3) is 5.06. The summed E-state index contributed by atoms with van der Waals surface area (Å²) in [5, 5.41) is 13.1. The Hall–Kier alpha value is -2.89. The molecule has 0 aliphatic heterocycles. The summed E-state index contributed by atoms with van der Waals surface area (Å²) in [4.78, 5) is 12.8. The van der Waals surface area contributed by atoms with Crippen molar-refractivity contribution in [2.75, 3.05) is 5.32 Å². The van der Waals surface area contributed by atoms with Gasteiger partial charge in [-0.3, -0.25) is 4.79 Å². The van der Waals surface area contributed by atoms with Crippen LogP contribution in [0.25, 0.3) is 0 Å². The molecule has 8 heteroatoms. The number of thioether (sulfide) groups is 1. The molecule has 1 N–H and O–H groups in total. The number of nitrogens with one attached hydrogen (secondary N) is 1. The van der Waals surface area contributed by atoms with Crippen molar-refractivity contribution in [1.29, 1.82) is 5.26 Å². The molecule has 0 radical (unpaired) electrons. The van der Waals surface area contributed by atoms with Crippen molar-refractivity contribution in [3.63, 3.8) is 0 Å². The zero-order valence-corrected chi connectivity index (χ0v) is 15.3. The van der Waals surface area contributed by atoms with E-state index in [9.17, 15) is 13.6 Å². The van der Waals surface area contributed by atoms with E-state index in [4.69, 9.17) is 10.00 Å². The van der Waals surface area contributed by atoms with E-state index < -0.39 is 11.7 Å². The first-order chi connectivity index (χ1) is 13.0. The van der Waals surface area contributed by atoms with E-state index in [0.29, 0.717) is 34.5 Å². The van der Waals surface area contributed by atoms with Crippen LogP contribution in [0.2, 0.25) is 0 Å². The Balaban J connectivity index is 1.64. The molecule has 0 aliphatic rings. The second-order valence-electron chi connectivity index (χ2n) is 5.21. The van der Waals surface area contributed by atoms with Crippen molar-refractivity contribution in [2.45, 2.75) is 10.7 Å². The molecule has 1 aromatic heterocycles. The SMILES string of the molecule is N#Cc1ccc(Oc2ccc(NC(=O)c3sccc3SC(F)F)cc2)cc1. The number of hydrogen-bond acceptors (Lipinski definition) is 5. The van der Waals surface area contributed by atoms with Gasteiger partial charge in [-0.15, -0.1) is 11.3 Å². The predicted molar refractivity (Wildman–Crippen MR) is 102 cm³/mol. The zero-order chi connectivity index (χ0) is 19.2. The zero-order valence-electron chi connectivity index (χ0n) is 13.7. The lowest BCUT2D eigenvalue weighted by Crippen LogP contribution is -2.11. The molecule has 3 rings (SSSR count). The molecule has 0 atom stereocenters. The molecule has 1 heterocycles. The summed E-state index contributed by atoms with van der Waals surface area (Å²) in [6, 6.07) is 16.9. The maximum absolute atomic E-state index is 12.5. The lowest BCUT2D eigenvalue weighted by atomic mass is 10.2. The predicted octanol–water partition coefficient (Wildman–Crippen LogP) is 5.98. The molecule has 0 fully saturated rings.